The van der Waals surface area contributed by atoms with Gasteiger partial charge in [-0.05, 0) is 44.2 Å². The van der Waals surface area contributed by atoms with E-state index < -0.39 is 0 Å². The Balaban J connectivity index is 1.70. The van der Waals surface area contributed by atoms with Crippen molar-refractivity contribution in [1.29, 1.82) is 0 Å². The molecule has 2 aliphatic heterocycles. The molecule has 0 radical (unpaired) electrons. The van der Waals surface area contributed by atoms with Crippen LogP contribution in [0.1, 0.15) is 38.5 Å². The largest absolute Gasteiger partial charge is 0.339 e. The SMILES string of the molecule is Cn1nc(N2CCCCC2N2CCCCC2)c2ccccc21. The quantitative estimate of drug-likeness (QED) is 0.849. The molecule has 2 aromatic rings. The van der Waals surface area contributed by atoms with E-state index in [-0.39, 0.29) is 0 Å². The van der Waals surface area contributed by atoms with Crippen LogP contribution >= 0.6 is 0 Å². The number of aromatic nitrogens is 2. The van der Waals surface area contributed by atoms with Crippen LogP contribution in [0.4, 0.5) is 5.82 Å². The molecule has 3 heterocycles. The van der Waals surface area contributed by atoms with Crippen molar-refractivity contribution < 1.29 is 0 Å². The monoisotopic (exact) mass is 298 g/mol. The number of anilines is 1. The van der Waals surface area contributed by atoms with Gasteiger partial charge in [-0.2, -0.15) is 5.10 Å². The standard InChI is InChI=1S/C18H26N4/c1-20-16-10-4-3-9-15(16)18(19-20)22-14-8-5-11-17(22)21-12-6-2-7-13-21/h3-4,9-10,17H,2,5-8,11-14H2,1H3. The van der Waals surface area contributed by atoms with E-state index in [0.29, 0.717) is 6.17 Å². The van der Waals surface area contributed by atoms with Gasteiger partial charge in [-0.3, -0.25) is 9.58 Å². The highest BCUT2D eigenvalue weighted by atomic mass is 15.4. The minimum absolute atomic E-state index is 0.548. The number of aryl methyl sites for hydroxylation is 1. The average Bonchev–Trinajstić information content (AvgIpc) is 2.93. The van der Waals surface area contributed by atoms with E-state index in [4.69, 9.17) is 5.10 Å². The number of rotatable bonds is 2. The van der Waals surface area contributed by atoms with Gasteiger partial charge in [0.15, 0.2) is 5.82 Å². The molecule has 1 aromatic carbocycles. The van der Waals surface area contributed by atoms with Crippen molar-refractivity contribution in [3.8, 4) is 0 Å². The van der Waals surface area contributed by atoms with Crippen molar-refractivity contribution in [2.75, 3.05) is 24.5 Å². The van der Waals surface area contributed by atoms with Gasteiger partial charge < -0.3 is 4.90 Å². The molecule has 0 amide bonds. The second-order valence-electron chi connectivity index (χ2n) is 6.73. The molecule has 1 aromatic heterocycles. The second-order valence-corrected chi connectivity index (χ2v) is 6.73. The number of piperidine rings is 2. The van der Waals surface area contributed by atoms with Crippen LogP contribution in [0.25, 0.3) is 10.9 Å². The first kappa shape index (κ1) is 14.1. The zero-order valence-corrected chi connectivity index (χ0v) is 13.5. The Labute approximate surface area is 132 Å². The zero-order chi connectivity index (χ0) is 14.9. The van der Waals surface area contributed by atoms with Crippen molar-refractivity contribution in [2.45, 2.75) is 44.7 Å². The molecule has 0 spiro atoms. The Morgan fingerprint density at radius 2 is 1.73 bits per heavy atom. The van der Waals surface area contributed by atoms with E-state index in [9.17, 15) is 0 Å². The molecule has 2 aliphatic rings. The number of fused-ring (bicyclic) bond motifs is 1. The maximum Gasteiger partial charge on any atom is 0.159 e. The van der Waals surface area contributed by atoms with Gasteiger partial charge >= 0.3 is 0 Å². The molecule has 0 bridgehead atoms. The molecule has 1 atom stereocenters. The summed E-state index contributed by atoms with van der Waals surface area (Å²) >= 11 is 0. The van der Waals surface area contributed by atoms with Crippen molar-refractivity contribution in [1.82, 2.24) is 14.7 Å². The van der Waals surface area contributed by atoms with Gasteiger partial charge in [-0.25, -0.2) is 0 Å². The molecule has 4 rings (SSSR count). The summed E-state index contributed by atoms with van der Waals surface area (Å²) in [5, 5.41) is 6.17. The highest BCUT2D eigenvalue weighted by Crippen LogP contribution is 2.32. The molecule has 22 heavy (non-hydrogen) atoms. The van der Waals surface area contributed by atoms with Gasteiger partial charge in [0, 0.05) is 32.1 Å². The first-order valence-electron chi connectivity index (χ1n) is 8.77. The van der Waals surface area contributed by atoms with Crippen molar-refractivity contribution in [2.24, 2.45) is 7.05 Å². The molecule has 0 N–H and O–H groups in total. The van der Waals surface area contributed by atoms with Gasteiger partial charge in [0.2, 0.25) is 0 Å². The normalized spacial score (nSPS) is 24.0. The highest BCUT2D eigenvalue weighted by molar-refractivity contribution is 5.90. The fourth-order valence-electron chi connectivity index (χ4n) is 4.16. The Bertz CT molecular complexity index is 642. The van der Waals surface area contributed by atoms with E-state index in [1.54, 1.807) is 0 Å². The first-order chi connectivity index (χ1) is 10.8. The van der Waals surface area contributed by atoms with Crippen molar-refractivity contribution in [3.63, 3.8) is 0 Å². The third-order valence-electron chi connectivity index (χ3n) is 5.29. The summed E-state index contributed by atoms with van der Waals surface area (Å²) in [5.41, 5.74) is 1.24. The maximum absolute atomic E-state index is 4.87. The lowest BCUT2D eigenvalue weighted by Crippen LogP contribution is -2.53. The topological polar surface area (TPSA) is 24.3 Å². The van der Waals surface area contributed by atoms with Gasteiger partial charge in [0.1, 0.15) is 0 Å². The molecule has 2 saturated heterocycles. The van der Waals surface area contributed by atoms with E-state index >= 15 is 0 Å². The van der Waals surface area contributed by atoms with Crippen LogP contribution in [0.15, 0.2) is 24.3 Å². The molecular formula is C18H26N4. The minimum atomic E-state index is 0.548. The lowest BCUT2D eigenvalue weighted by atomic mass is 10.0. The van der Waals surface area contributed by atoms with Crippen LogP contribution in [-0.4, -0.2) is 40.5 Å². The van der Waals surface area contributed by atoms with Gasteiger partial charge in [-0.15, -0.1) is 0 Å². The summed E-state index contributed by atoms with van der Waals surface area (Å²) in [6.07, 6.45) is 8.58. The number of para-hydroxylation sites is 1. The number of hydrogen-bond donors (Lipinski definition) is 0. The van der Waals surface area contributed by atoms with E-state index in [2.05, 4.69) is 41.1 Å². The van der Waals surface area contributed by atoms with E-state index in [1.165, 1.54) is 68.3 Å². The van der Waals surface area contributed by atoms with Crippen LogP contribution in [0.3, 0.4) is 0 Å². The first-order valence-corrected chi connectivity index (χ1v) is 8.77. The van der Waals surface area contributed by atoms with Gasteiger partial charge in [0.05, 0.1) is 11.7 Å². The fourth-order valence-corrected chi connectivity index (χ4v) is 4.16. The summed E-state index contributed by atoms with van der Waals surface area (Å²) in [6.45, 7) is 3.65. The summed E-state index contributed by atoms with van der Waals surface area (Å²) in [7, 11) is 2.06. The summed E-state index contributed by atoms with van der Waals surface area (Å²) in [5.74, 6) is 1.19. The second kappa shape index (κ2) is 5.92. The number of nitrogens with zero attached hydrogens (tertiary/aromatic N) is 4. The summed E-state index contributed by atoms with van der Waals surface area (Å²) in [6, 6.07) is 8.63. The zero-order valence-electron chi connectivity index (χ0n) is 13.5. The Morgan fingerprint density at radius 3 is 2.59 bits per heavy atom. The average molecular weight is 298 g/mol. The number of likely N-dealkylation sites (tertiary alicyclic amines) is 1. The molecule has 1 unspecified atom stereocenters. The molecule has 0 aliphatic carbocycles. The van der Waals surface area contributed by atoms with E-state index in [0.717, 1.165) is 6.54 Å². The van der Waals surface area contributed by atoms with Crippen molar-refractivity contribution in [3.05, 3.63) is 24.3 Å². The number of hydrogen-bond acceptors (Lipinski definition) is 3. The highest BCUT2D eigenvalue weighted by Gasteiger charge is 2.31. The van der Waals surface area contributed by atoms with Crippen LogP contribution in [0.5, 0.6) is 0 Å². The van der Waals surface area contributed by atoms with Crippen molar-refractivity contribution >= 4 is 16.7 Å². The summed E-state index contributed by atoms with van der Waals surface area (Å²) < 4.78 is 2.03. The molecule has 118 valence electrons. The Morgan fingerprint density at radius 1 is 0.955 bits per heavy atom. The Kier molecular flexibility index (Phi) is 3.78. The molecule has 2 fully saturated rings. The molecule has 4 nitrogen and oxygen atoms in total. The molecule has 0 saturated carbocycles. The van der Waals surface area contributed by atoms with Gasteiger partial charge in [-0.1, -0.05) is 18.6 Å². The predicted molar refractivity (Wildman–Crippen MR) is 91.1 cm³/mol. The van der Waals surface area contributed by atoms with Crippen LogP contribution in [0.2, 0.25) is 0 Å². The van der Waals surface area contributed by atoms with Crippen LogP contribution in [0, 0.1) is 0 Å². The molecular weight excluding hydrogens is 272 g/mol. The Hall–Kier alpha value is -1.55. The van der Waals surface area contributed by atoms with Gasteiger partial charge in [0.25, 0.3) is 0 Å². The lowest BCUT2D eigenvalue weighted by molar-refractivity contribution is 0.137. The minimum Gasteiger partial charge on any atom is -0.339 e. The van der Waals surface area contributed by atoms with Crippen LogP contribution in [-0.2, 0) is 7.05 Å². The fraction of sp³-hybridized carbons (Fsp3) is 0.611. The molecule has 4 heteroatoms. The number of benzene rings is 1. The predicted octanol–water partition coefficient (Wildman–Crippen LogP) is 3.38. The summed E-state index contributed by atoms with van der Waals surface area (Å²) in [4.78, 5) is 5.28. The smallest absolute Gasteiger partial charge is 0.159 e. The van der Waals surface area contributed by atoms with Crippen LogP contribution < -0.4 is 4.90 Å². The maximum atomic E-state index is 4.87. The van der Waals surface area contributed by atoms with E-state index in [1.807, 2.05) is 4.68 Å². The third kappa shape index (κ3) is 2.39. The lowest BCUT2D eigenvalue weighted by Gasteiger charge is -2.44. The third-order valence-corrected chi connectivity index (χ3v) is 5.29.